The molecule has 4 heterocycles. The molecule has 1 aliphatic heterocycles. The van der Waals surface area contributed by atoms with Crippen LogP contribution in [0.4, 0.5) is 5.69 Å². The summed E-state index contributed by atoms with van der Waals surface area (Å²) in [5.74, 6) is 0.626. The predicted molar refractivity (Wildman–Crippen MR) is 225 cm³/mol. The summed E-state index contributed by atoms with van der Waals surface area (Å²) in [5.41, 5.74) is 28.3. The Labute approximate surface area is 314 Å². The van der Waals surface area contributed by atoms with Crippen molar-refractivity contribution in [2.24, 2.45) is 9.98 Å². The molecule has 2 unspecified atom stereocenters. The molecule has 2 N–H and O–H groups in total. The van der Waals surface area contributed by atoms with Crippen LogP contribution in [0, 0.1) is 0 Å². The summed E-state index contributed by atoms with van der Waals surface area (Å²) in [5, 5.41) is 3.71. The summed E-state index contributed by atoms with van der Waals surface area (Å²) in [6.45, 7) is 21.6. The second-order valence-corrected chi connectivity index (χ2v) is 14.4. The van der Waals surface area contributed by atoms with E-state index in [0.29, 0.717) is 17.5 Å². The third-order valence-corrected chi connectivity index (χ3v) is 10.4. The molecule has 0 radical (unpaired) electrons. The lowest BCUT2D eigenvalue weighted by atomic mass is 10.0. The fraction of sp³-hybridized carbons (Fsp3) is 0.268. The summed E-state index contributed by atoms with van der Waals surface area (Å²) in [7, 11) is 4.65. The van der Waals surface area contributed by atoms with Gasteiger partial charge in [0.2, 0.25) is 0 Å². The van der Waals surface area contributed by atoms with E-state index in [4.69, 9.17) is 10.7 Å². The summed E-state index contributed by atoms with van der Waals surface area (Å²) in [6.07, 6.45) is 5.42. The van der Waals surface area contributed by atoms with Crippen molar-refractivity contribution in [3.05, 3.63) is 120 Å². The first kappa shape index (κ1) is 44.1. The minimum atomic E-state index is -1.11. The van der Waals surface area contributed by atoms with Crippen LogP contribution in [0.2, 0.25) is 0 Å². The Morgan fingerprint density at radius 1 is 1.14 bits per heavy atom. The number of fused-ring (bicyclic) bond motifs is 1. The number of aromatic nitrogens is 2. The largest absolute Gasteiger partial charge is 0.396 e. The van der Waals surface area contributed by atoms with Crippen LogP contribution < -0.4 is 5.73 Å². The molecule has 266 valence electrons. The second kappa shape index (κ2) is 23.5. The van der Waals surface area contributed by atoms with Gasteiger partial charge < -0.3 is 15.6 Å². The normalized spacial score (nSPS) is 12.3. The number of benzene rings is 1. The minimum absolute atomic E-state index is 0. The molecule has 1 aromatic carbocycles. The highest BCUT2D eigenvalue weighted by molar-refractivity contribution is 7.87. The van der Waals surface area contributed by atoms with E-state index in [9.17, 15) is 4.21 Å². The molecule has 2 atom stereocenters. The molecule has 0 saturated heterocycles. The van der Waals surface area contributed by atoms with E-state index in [-0.39, 0.29) is 7.43 Å². The smallest absolute Gasteiger partial charge is 0.141 e. The number of rotatable bonds is 10. The number of nitrogens with two attached hydrogens (primary N) is 1. The van der Waals surface area contributed by atoms with Crippen molar-refractivity contribution in [2.45, 2.75) is 50.9 Å². The molecule has 3 aromatic heterocycles. The highest BCUT2D eigenvalue weighted by atomic mass is 32.2. The number of anilines is 1. The first-order valence-corrected chi connectivity index (χ1v) is 18.6. The first-order valence-electron chi connectivity index (χ1n) is 15.6. The van der Waals surface area contributed by atoms with Crippen molar-refractivity contribution in [3.8, 4) is 21.8 Å². The van der Waals surface area contributed by atoms with Gasteiger partial charge in [-0.1, -0.05) is 80.6 Å². The predicted octanol–water partition coefficient (Wildman–Crippen LogP) is 9.90. The van der Waals surface area contributed by atoms with Crippen LogP contribution in [-0.2, 0) is 17.3 Å². The molecule has 0 aliphatic carbocycles. The maximum absolute atomic E-state index is 12.9. The molecule has 51 heavy (non-hydrogen) atoms. The molecule has 1 aliphatic rings. The van der Waals surface area contributed by atoms with Gasteiger partial charge in [-0.3, -0.25) is 9.20 Å². The quantitative estimate of drug-likeness (QED) is 0.0994. The van der Waals surface area contributed by atoms with Crippen LogP contribution in [0.25, 0.3) is 32.0 Å². The van der Waals surface area contributed by atoms with E-state index in [1.165, 1.54) is 16.9 Å². The Balaban J connectivity index is 0.000000536. The van der Waals surface area contributed by atoms with Gasteiger partial charge in [0.05, 0.1) is 28.2 Å². The molecule has 0 bridgehead atoms. The standard InChI is InChI=1S/C23H26N4OS3.C10H9N.C5H4.C2H5N.CH4/c1-4-5-12-31(28)23-20(24)19-17(16-8-6-15(7-9-16)14-27(2)3)13-18(26-22(19)30-23)21-25-10-11-29-21;1-4-6-7-9(5-2)10-8(3)11-10;1-3-5-4-2;1-3-2;/h6-11,13H,4-5,12,14,24H2,1-3H3;5,8H,1-2H2,3H3;1-2H2;1H2,2H3;1H4. The molecule has 10 heteroatoms. The molecular formula is C41H48N6OS3. The Hall–Kier alpha value is -4.89. The fourth-order valence-corrected chi connectivity index (χ4v) is 7.73. The lowest BCUT2D eigenvalue weighted by Crippen LogP contribution is -2.10. The van der Waals surface area contributed by atoms with E-state index >= 15 is 0 Å². The van der Waals surface area contributed by atoms with Gasteiger partial charge in [-0.2, -0.15) is 0 Å². The van der Waals surface area contributed by atoms with Crippen LogP contribution >= 0.6 is 22.7 Å². The molecule has 0 amide bonds. The summed E-state index contributed by atoms with van der Waals surface area (Å²) < 4.78 is 13.6. The first-order chi connectivity index (χ1) is 24.1. The zero-order valence-corrected chi connectivity index (χ0v) is 32.0. The van der Waals surface area contributed by atoms with Gasteiger partial charge in [-0.05, 0) is 88.1 Å². The van der Waals surface area contributed by atoms with E-state index in [1.807, 2.05) is 12.3 Å². The zero-order valence-electron chi connectivity index (χ0n) is 29.5. The van der Waals surface area contributed by atoms with Crippen molar-refractivity contribution in [2.75, 3.05) is 32.6 Å². The van der Waals surface area contributed by atoms with Gasteiger partial charge in [0.15, 0.2) is 0 Å². The van der Waals surface area contributed by atoms with Crippen LogP contribution in [0.3, 0.4) is 0 Å². The van der Waals surface area contributed by atoms with Crippen LogP contribution in [0.15, 0.2) is 128 Å². The average Bonchev–Trinajstić information content (AvgIpc) is 3.44. The maximum atomic E-state index is 12.9. The number of thiophene rings is 1. The van der Waals surface area contributed by atoms with Crippen molar-refractivity contribution in [1.29, 1.82) is 0 Å². The minimum Gasteiger partial charge on any atom is -0.396 e. The number of nitrogen functional groups attached to an aromatic ring is 1. The van der Waals surface area contributed by atoms with Gasteiger partial charge >= 0.3 is 0 Å². The van der Waals surface area contributed by atoms with Gasteiger partial charge in [-0.15, -0.1) is 22.7 Å². The zero-order chi connectivity index (χ0) is 37.1. The van der Waals surface area contributed by atoms with E-state index < -0.39 is 10.8 Å². The number of hydrogen-bond acceptors (Lipinski definition) is 9. The third kappa shape index (κ3) is 13.7. The van der Waals surface area contributed by atoms with E-state index in [0.717, 1.165) is 66.9 Å². The fourth-order valence-electron chi connectivity index (χ4n) is 4.34. The SMILES string of the molecule is C.C=C=C=C=C.C=C=C=C=C(C=C)C1=NC1C.C=NC.CCCCS(=O)c1sc2nc(-c3nccs3)cc(-c3ccc(CN(C)C)cc3)c2c1N. The summed E-state index contributed by atoms with van der Waals surface area (Å²) in [6, 6.07) is 10.9. The van der Waals surface area contributed by atoms with E-state index in [2.05, 4.69) is 139 Å². The van der Waals surface area contributed by atoms with Crippen molar-refractivity contribution in [3.63, 3.8) is 0 Å². The highest BCUT2D eigenvalue weighted by Gasteiger charge is 2.24. The van der Waals surface area contributed by atoms with Crippen molar-refractivity contribution < 1.29 is 4.21 Å². The molecule has 0 fully saturated rings. The van der Waals surface area contributed by atoms with Crippen molar-refractivity contribution in [1.82, 2.24) is 14.9 Å². The number of nitrogens with zero attached hydrogens (tertiary/aromatic N) is 5. The maximum Gasteiger partial charge on any atom is 0.141 e. The lowest BCUT2D eigenvalue weighted by molar-refractivity contribution is 0.402. The Bertz CT molecular complexity index is 2040. The number of aliphatic imine (C=N–C) groups is 2. The molecule has 0 spiro atoms. The summed E-state index contributed by atoms with van der Waals surface area (Å²) in [4.78, 5) is 19.6. The molecule has 5 rings (SSSR count). The van der Waals surface area contributed by atoms with E-state index in [1.54, 1.807) is 30.7 Å². The van der Waals surface area contributed by atoms with Crippen LogP contribution in [0.5, 0.6) is 0 Å². The molecule has 7 nitrogen and oxygen atoms in total. The summed E-state index contributed by atoms with van der Waals surface area (Å²) >= 11 is 3.01. The number of hydrogen-bond donors (Lipinski definition) is 1. The Morgan fingerprint density at radius 2 is 1.76 bits per heavy atom. The van der Waals surface area contributed by atoms with Gasteiger partial charge in [0.25, 0.3) is 0 Å². The van der Waals surface area contributed by atoms with Crippen LogP contribution in [0.1, 0.15) is 39.7 Å². The Kier molecular flexibility index (Phi) is 20.3. The Morgan fingerprint density at radius 3 is 2.24 bits per heavy atom. The molecule has 0 saturated carbocycles. The number of allylic oxidation sites excluding steroid dienone is 1. The van der Waals surface area contributed by atoms with Gasteiger partial charge in [0.1, 0.15) is 19.7 Å². The monoisotopic (exact) mass is 736 g/mol. The highest BCUT2D eigenvalue weighted by Crippen LogP contribution is 2.43. The van der Waals surface area contributed by atoms with Crippen molar-refractivity contribution >= 4 is 61.8 Å². The number of thiazole rings is 1. The second-order valence-electron chi connectivity index (χ2n) is 10.7. The number of unbranched alkanes of at least 4 members (excludes halogenated alkanes) is 1. The third-order valence-electron chi connectivity index (χ3n) is 6.57. The molecule has 4 aromatic rings. The average molecular weight is 737 g/mol. The number of pyridine rings is 1. The lowest BCUT2D eigenvalue weighted by Gasteiger charge is -2.11. The van der Waals surface area contributed by atoms with Gasteiger partial charge in [0, 0.05) is 41.9 Å². The van der Waals surface area contributed by atoms with Gasteiger partial charge in [-0.25, -0.2) is 9.97 Å². The topological polar surface area (TPSA) is 96.8 Å². The van der Waals surface area contributed by atoms with Crippen LogP contribution in [-0.4, -0.2) is 64.4 Å². The molecular weight excluding hydrogens is 689 g/mol.